The third-order valence-electron chi connectivity index (χ3n) is 6.85. The summed E-state index contributed by atoms with van der Waals surface area (Å²) in [5.74, 6) is 1.73. The summed E-state index contributed by atoms with van der Waals surface area (Å²) in [7, 11) is 1.51. The summed E-state index contributed by atoms with van der Waals surface area (Å²) in [6.45, 7) is 4.81. The van der Waals surface area contributed by atoms with Crippen LogP contribution in [0.15, 0.2) is 79.1 Å². The van der Waals surface area contributed by atoms with E-state index in [2.05, 4.69) is 55.1 Å². The first-order chi connectivity index (χ1) is 19.2. The number of ether oxygens (including phenoxy) is 2. The van der Waals surface area contributed by atoms with Crippen molar-refractivity contribution in [2.75, 3.05) is 38.7 Å². The fourth-order valence-electron chi connectivity index (χ4n) is 4.91. The molecule has 0 unspecified atom stereocenters. The lowest BCUT2D eigenvalue weighted by atomic mass is 10.1. The molecule has 9 heteroatoms. The first-order valence-corrected chi connectivity index (χ1v) is 12.9. The zero-order chi connectivity index (χ0) is 26.6. The minimum atomic E-state index is -0.362. The number of fused-ring (bicyclic) bond motifs is 1. The number of nitrogens with zero attached hydrogens (tertiary/aromatic N) is 5. The Bertz CT molecular complexity index is 1600. The minimum Gasteiger partial charge on any atom is -0.496 e. The van der Waals surface area contributed by atoms with Gasteiger partial charge in [-0.2, -0.15) is 0 Å². The van der Waals surface area contributed by atoms with Crippen LogP contribution < -0.4 is 10.1 Å². The molecule has 1 aliphatic rings. The zero-order valence-electron chi connectivity index (χ0n) is 21.7. The maximum atomic E-state index is 13.7. The van der Waals surface area contributed by atoms with Crippen molar-refractivity contribution in [1.82, 2.24) is 24.4 Å². The number of halogens is 1. The van der Waals surface area contributed by atoms with E-state index >= 15 is 0 Å². The summed E-state index contributed by atoms with van der Waals surface area (Å²) >= 11 is 0. The summed E-state index contributed by atoms with van der Waals surface area (Å²) in [6.07, 6.45) is 1.49. The van der Waals surface area contributed by atoms with Gasteiger partial charge in [-0.25, -0.2) is 19.3 Å². The van der Waals surface area contributed by atoms with Gasteiger partial charge >= 0.3 is 0 Å². The lowest BCUT2D eigenvalue weighted by molar-refractivity contribution is 0.0327. The second-order valence-electron chi connectivity index (χ2n) is 9.45. The van der Waals surface area contributed by atoms with Crippen LogP contribution in [0.4, 0.5) is 15.9 Å². The van der Waals surface area contributed by atoms with E-state index in [0.29, 0.717) is 29.4 Å². The van der Waals surface area contributed by atoms with Crippen molar-refractivity contribution in [3.63, 3.8) is 0 Å². The lowest BCUT2D eigenvalue weighted by Gasteiger charge is -2.26. The SMILES string of the molecule is COc1cc(F)ccc1-c1cc(Nc2cccc(Cn3c(CN4CCOCC4)nc4ccccc43)c2)ncn1. The lowest BCUT2D eigenvalue weighted by Crippen LogP contribution is -2.36. The number of morpholine rings is 1. The maximum absolute atomic E-state index is 13.7. The number of methoxy groups -OCH3 is 1. The molecule has 0 bridgehead atoms. The van der Waals surface area contributed by atoms with Gasteiger partial charge in [-0.05, 0) is 42.0 Å². The van der Waals surface area contributed by atoms with Crippen LogP contribution in [0.5, 0.6) is 5.75 Å². The predicted molar refractivity (Wildman–Crippen MR) is 149 cm³/mol. The van der Waals surface area contributed by atoms with Gasteiger partial charge in [0.1, 0.15) is 29.5 Å². The monoisotopic (exact) mass is 524 g/mol. The number of para-hydroxylation sites is 2. The highest BCUT2D eigenvalue weighted by molar-refractivity contribution is 5.76. The molecule has 1 N–H and O–H groups in total. The third-order valence-corrected chi connectivity index (χ3v) is 6.85. The predicted octanol–water partition coefficient (Wildman–Crippen LogP) is 5.27. The fourth-order valence-corrected chi connectivity index (χ4v) is 4.91. The van der Waals surface area contributed by atoms with E-state index < -0.39 is 0 Å². The van der Waals surface area contributed by atoms with Gasteiger partial charge in [-0.15, -0.1) is 0 Å². The van der Waals surface area contributed by atoms with Crippen LogP contribution >= 0.6 is 0 Å². The quantitative estimate of drug-likeness (QED) is 0.297. The Morgan fingerprint density at radius 2 is 1.82 bits per heavy atom. The number of imidazole rings is 1. The molecule has 0 atom stereocenters. The minimum absolute atomic E-state index is 0.362. The van der Waals surface area contributed by atoms with Crippen LogP contribution in [0.3, 0.4) is 0 Å². The Balaban J connectivity index is 1.25. The number of rotatable bonds is 8. The topological polar surface area (TPSA) is 77.3 Å². The smallest absolute Gasteiger partial charge is 0.134 e. The molecular weight excluding hydrogens is 495 g/mol. The Hall–Kier alpha value is -4.34. The maximum Gasteiger partial charge on any atom is 0.134 e. The highest BCUT2D eigenvalue weighted by Gasteiger charge is 2.17. The Kier molecular flexibility index (Phi) is 7.16. The summed E-state index contributed by atoms with van der Waals surface area (Å²) < 4.78 is 26.9. The molecule has 3 heterocycles. The molecule has 1 aliphatic heterocycles. The van der Waals surface area contributed by atoms with Gasteiger partial charge in [0.05, 0.1) is 43.6 Å². The highest BCUT2D eigenvalue weighted by Crippen LogP contribution is 2.30. The molecule has 0 radical (unpaired) electrons. The zero-order valence-corrected chi connectivity index (χ0v) is 21.7. The van der Waals surface area contributed by atoms with Crippen LogP contribution in [0.25, 0.3) is 22.3 Å². The van der Waals surface area contributed by atoms with Crippen LogP contribution in [-0.4, -0.2) is 57.8 Å². The Morgan fingerprint density at radius 1 is 0.949 bits per heavy atom. The fraction of sp³-hybridized carbons (Fsp3) is 0.233. The number of hydrogen-bond acceptors (Lipinski definition) is 7. The molecule has 39 heavy (non-hydrogen) atoms. The number of benzene rings is 3. The molecule has 0 spiro atoms. The van der Waals surface area contributed by atoms with E-state index in [0.717, 1.165) is 61.0 Å². The molecule has 1 saturated heterocycles. The van der Waals surface area contributed by atoms with Crippen LogP contribution in [-0.2, 0) is 17.8 Å². The van der Waals surface area contributed by atoms with Gasteiger partial charge in [0.2, 0.25) is 0 Å². The molecule has 3 aromatic carbocycles. The van der Waals surface area contributed by atoms with Crippen molar-refractivity contribution < 1.29 is 13.9 Å². The van der Waals surface area contributed by atoms with Gasteiger partial charge in [0.15, 0.2) is 0 Å². The van der Waals surface area contributed by atoms with Crippen molar-refractivity contribution in [3.05, 3.63) is 96.3 Å². The van der Waals surface area contributed by atoms with Crippen LogP contribution in [0.2, 0.25) is 0 Å². The average Bonchev–Trinajstić information content (AvgIpc) is 3.30. The number of anilines is 2. The average molecular weight is 525 g/mol. The van der Waals surface area contributed by atoms with Gasteiger partial charge in [-0.1, -0.05) is 24.3 Å². The molecule has 5 aromatic rings. The van der Waals surface area contributed by atoms with E-state index in [1.165, 1.54) is 25.6 Å². The van der Waals surface area contributed by atoms with Crippen molar-refractivity contribution in [1.29, 1.82) is 0 Å². The van der Waals surface area contributed by atoms with Gasteiger partial charge in [-0.3, -0.25) is 4.90 Å². The first kappa shape index (κ1) is 25.0. The van der Waals surface area contributed by atoms with Crippen molar-refractivity contribution >= 4 is 22.5 Å². The molecule has 0 saturated carbocycles. The third kappa shape index (κ3) is 5.59. The van der Waals surface area contributed by atoms with E-state index in [1.807, 2.05) is 24.3 Å². The Labute approximate surface area is 226 Å². The van der Waals surface area contributed by atoms with Crippen molar-refractivity contribution in [3.8, 4) is 17.0 Å². The van der Waals surface area contributed by atoms with Crippen molar-refractivity contribution in [2.24, 2.45) is 0 Å². The van der Waals surface area contributed by atoms with Gasteiger partial charge in [0.25, 0.3) is 0 Å². The molecule has 2 aromatic heterocycles. The van der Waals surface area contributed by atoms with Crippen LogP contribution in [0.1, 0.15) is 11.4 Å². The summed E-state index contributed by atoms with van der Waals surface area (Å²) in [5, 5.41) is 3.39. The van der Waals surface area contributed by atoms with Gasteiger partial charge < -0.3 is 19.4 Å². The highest BCUT2D eigenvalue weighted by atomic mass is 19.1. The molecule has 1 fully saturated rings. The summed E-state index contributed by atoms with van der Waals surface area (Å²) in [5.41, 5.74) is 5.49. The second-order valence-corrected chi connectivity index (χ2v) is 9.45. The molecule has 8 nitrogen and oxygen atoms in total. The van der Waals surface area contributed by atoms with E-state index in [-0.39, 0.29) is 5.82 Å². The molecular formula is C30H29FN6O2. The molecule has 0 amide bonds. The largest absolute Gasteiger partial charge is 0.496 e. The standard InChI is InChI=1S/C30H29FN6O2/c1-38-28-16-22(31)9-10-24(28)26-17-29(33-20-32-26)34-23-6-4-5-21(15-23)18-37-27-8-3-2-7-25(27)35-30(37)19-36-11-13-39-14-12-36/h2-10,15-17,20H,11-14,18-19H2,1H3,(H,32,33,34). The van der Waals surface area contributed by atoms with E-state index in [4.69, 9.17) is 14.5 Å². The second kappa shape index (κ2) is 11.2. The normalized spacial score (nSPS) is 14.0. The molecule has 198 valence electrons. The van der Waals surface area contributed by atoms with E-state index in [1.54, 1.807) is 6.07 Å². The molecule has 0 aliphatic carbocycles. The van der Waals surface area contributed by atoms with E-state index in [9.17, 15) is 4.39 Å². The number of nitrogens with one attached hydrogen (secondary N) is 1. The van der Waals surface area contributed by atoms with Gasteiger partial charge in [0, 0.05) is 43.0 Å². The summed E-state index contributed by atoms with van der Waals surface area (Å²) in [4.78, 5) is 16.1. The number of aromatic nitrogens is 4. The molecule has 6 rings (SSSR count). The first-order valence-electron chi connectivity index (χ1n) is 12.9. The number of hydrogen-bond donors (Lipinski definition) is 1. The van der Waals surface area contributed by atoms with Crippen molar-refractivity contribution in [2.45, 2.75) is 13.1 Å². The van der Waals surface area contributed by atoms with Crippen LogP contribution in [0, 0.1) is 5.82 Å². The Morgan fingerprint density at radius 3 is 2.69 bits per heavy atom. The summed E-state index contributed by atoms with van der Waals surface area (Å²) in [6, 6.07) is 22.8.